The maximum absolute atomic E-state index is 12.8. The second kappa shape index (κ2) is 6.77. The van der Waals surface area contributed by atoms with Crippen LogP contribution in [-0.2, 0) is 11.2 Å². The summed E-state index contributed by atoms with van der Waals surface area (Å²) in [6.45, 7) is 7.39. The zero-order chi connectivity index (χ0) is 15.5. The first kappa shape index (κ1) is 15.5. The van der Waals surface area contributed by atoms with Gasteiger partial charge >= 0.3 is 0 Å². The molecule has 0 saturated carbocycles. The van der Waals surface area contributed by atoms with Crippen LogP contribution in [0.25, 0.3) is 0 Å². The number of aliphatic hydroxyl groups is 1. The molecule has 1 aromatic rings. The molecular formula is C17H25N3O2. The van der Waals surface area contributed by atoms with E-state index in [9.17, 15) is 4.79 Å². The summed E-state index contributed by atoms with van der Waals surface area (Å²) in [7, 11) is 0. The minimum atomic E-state index is -0.0811. The highest BCUT2D eigenvalue weighted by atomic mass is 16.3. The fourth-order valence-electron chi connectivity index (χ4n) is 3.46. The van der Waals surface area contributed by atoms with Crippen LogP contribution >= 0.6 is 0 Å². The number of carbonyl (C=O) groups is 1. The van der Waals surface area contributed by atoms with Gasteiger partial charge in [0, 0.05) is 45.0 Å². The van der Waals surface area contributed by atoms with Gasteiger partial charge in [0.2, 0.25) is 5.91 Å². The van der Waals surface area contributed by atoms with Crippen LogP contribution in [0.15, 0.2) is 24.3 Å². The van der Waals surface area contributed by atoms with E-state index in [4.69, 9.17) is 5.11 Å². The van der Waals surface area contributed by atoms with Gasteiger partial charge in [0.1, 0.15) is 0 Å². The summed E-state index contributed by atoms with van der Waals surface area (Å²) in [5.74, 6) is 0.209. The number of hydrogen-bond acceptors (Lipinski definition) is 4. The number of carbonyl (C=O) groups excluding carboxylic acids is 1. The maximum Gasteiger partial charge on any atom is 0.244 e. The second-order valence-corrected chi connectivity index (χ2v) is 6.15. The number of hydrogen-bond donors (Lipinski definition) is 1. The Morgan fingerprint density at radius 1 is 1.18 bits per heavy atom. The monoisotopic (exact) mass is 303 g/mol. The summed E-state index contributed by atoms with van der Waals surface area (Å²) >= 11 is 0. The first-order valence-corrected chi connectivity index (χ1v) is 8.17. The Bertz CT molecular complexity index is 526. The highest BCUT2D eigenvalue weighted by Crippen LogP contribution is 2.28. The fraction of sp³-hybridized carbons (Fsp3) is 0.588. The minimum Gasteiger partial charge on any atom is -0.395 e. The molecule has 1 aromatic carbocycles. The Morgan fingerprint density at radius 2 is 1.91 bits per heavy atom. The molecule has 5 nitrogen and oxygen atoms in total. The van der Waals surface area contributed by atoms with E-state index in [1.165, 1.54) is 5.56 Å². The zero-order valence-electron chi connectivity index (χ0n) is 13.2. The standard InChI is InChI=1S/C17H25N3O2/c1-14(19-10-8-18(9-11-19)12-13-21)17(22)20-7-6-15-4-2-3-5-16(15)20/h2-5,14,21H,6-13H2,1H3. The quantitative estimate of drug-likeness (QED) is 0.884. The van der Waals surface area contributed by atoms with Gasteiger partial charge in [0.05, 0.1) is 12.6 Å². The molecule has 1 unspecified atom stereocenters. The van der Waals surface area contributed by atoms with Crippen LogP contribution in [0.2, 0.25) is 0 Å². The van der Waals surface area contributed by atoms with Crippen LogP contribution < -0.4 is 4.90 Å². The molecule has 1 N–H and O–H groups in total. The number of aliphatic hydroxyl groups excluding tert-OH is 1. The number of piperazine rings is 1. The van der Waals surface area contributed by atoms with Gasteiger partial charge in [-0.15, -0.1) is 0 Å². The fourth-order valence-corrected chi connectivity index (χ4v) is 3.46. The molecule has 120 valence electrons. The number of nitrogens with zero attached hydrogens (tertiary/aromatic N) is 3. The minimum absolute atomic E-state index is 0.0811. The SMILES string of the molecule is CC(C(=O)N1CCc2ccccc21)N1CCN(CCO)CC1. The van der Waals surface area contributed by atoms with Gasteiger partial charge in [-0.3, -0.25) is 14.6 Å². The van der Waals surface area contributed by atoms with Gasteiger partial charge in [-0.2, -0.15) is 0 Å². The number of rotatable bonds is 4. The van der Waals surface area contributed by atoms with Crippen molar-refractivity contribution < 1.29 is 9.90 Å². The third-order valence-corrected chi connectivity index (χ3v) is 4.88. The highest BCUT2D eigenvalue weighted by molar-refractivity contribution is 5.98. The number of amides is 1. The predicted molar refractivity (Wildman–Crippen MR) is 87.1 cm³/mol. The summed E-state index contributed by atoms with van der Waals surface area (Å²) in [6.07, 6.45) is 0.957. The molecule has 1 fully saturated rings. The number of benzene rings is 1. The van der Waals surface area contributed by atoms with Gasteiger partial charge in [0.25, 0.3) is 0 Å². The Balaban J connectivity index is 1.62. The number of anilines is 1. The van der Waals surface area contributed by atoms with Crippen molar-refractivity contribution in [3.8, 4) is 0 Å². The summed E-state index contributed by atoms with van der Waals surface area (Å²) in [6, 6.07) is 8.12. The molecule has 1 atom stereocenters. The molecule has 0 spiro atoms. The van der Waals surface area contributed by atoms with E-state index in [-0.39, 0.29) is 18.6 Å². The number of para-hydroxylation sites is 1. The van der Waals surface area contributed by atoms with Crippen LogP contribution in [0.5, 0.6) is 0 Å². The molecule has 0 aromatic heterocycles. The lowest BCUT2D eigenvalue weighted by Crippen LogP contribution is -2.54. The largest absolute Gasteiger partial charge is 0.395 e. The third kappa shape index (κ3) is 3.02. The van der Waals surface area contributed by atoms with E-state index in [1.807, 2.05) is 30.0 Å². The zero-order valence-corrected chi connectivity index (χ0v) is 13.2. The first-order chi connectivity index (χ1) is 10.7. The van der Waals surface area contributed by atoms with Crippen LogP contribution in [0, 0.1) is 0 Å². The van der Waals surface area contributed by atoms with Crippen molar-refractivity contribution in [2.24, 2.45) is 0 Å². The van der Waals surface area contributed by atoms with Gasteiger partial charge < -0.3 is 10.0 Å². The van der Waals surface area contributed by atoms with Crippen LogP contribution in [0.4, 0.5) is 5.69 Å². The van der Waals surface area contributed by atoms with Crippen molar-refractivity contribution in [3.05, 3.63) is 29.8 Å². The first-order valence-electron chi connectivity index (χ1n) is 8.17. The average molecular weight is 303 g/mol. The molecule has 5 heteroatoms. The average Bonchev–Trinajstić information content (AvgIpc) is 2.98. The molecule has 2 heterocycles. The van der Waals surface area contributed by atoms with E-state index in [0.717, 1.165) is 51.4 Å². The van der Waals surface area contributed by atoms with E-state index in [1.54, 1.807) is 0 Å². The van der Waals surface area contributed by atoms with Gasteiger partial charge in [-0.25, -0.2) is 0 Å². The Hall–Kier alpha value is -1.43. The van der Waals surface area contributed by atoms with Crippen LogP contribution in [0.3, 0.4) is 0 Å². The molecule has 1 saturated heterocycles. The highest BCUT2D eigenvalue weighted by Gasteiger charge is 2.32. The Kier molecular flexibility index (Phi) is 4.76. The van der Waals surface area contributed by atoms with Crippen molar-refractivity contribution in [3.63, 3.8) is 0 Å². The molecule has 2 aliphatic heterocycles. The molecular weight excluding hydrogens is 278 g/mol. The van der Waals surface area contributed by atoms with Gasteiger partial charge in [-0.1, -0.05) is 18.2 Å². The van der Waals surface area contributed by atoms with E-state index >= 15 is 0 Å². The van der Waals surface area contributed by atoms with Gasteiger partial charge in [-0.05, 0) is 25.0 Å². The normalized spacial score (nSPS) is 20.9. The lowest BCUT2D eigenvalue weighted by atomic mass is 10.1. The predicted octanol–water partition coefficient (Wildman–Crippen LogP) is 0.574. The molecule has 0 aliphatic carbocycles. The molecule has 3 rings (SSSR count). The molecule has 0 bridgehead atoms. The smallest absolute Gasteiger partial charge is 0.244 e. The van der Waals surface area contributed by atoms with Crippen molar-refractivity contribution in [2.45, 2.75) is 19.4 Å². The molecule has 1 amide bonds. The summed E-state index contributed by atoms with van der Waals surface area (Å²) in [5.41, 5.74) is 2.36. The van der Waals surface area contributed by atoms with E-state index in [0.29, 0.717) is 0 Å². The molecule has 22 heavy (non-hydrogen) atoms. The number of fused-ring (bicyclic) bond motifs is 1. The summed E-state index contributed by atoms with van der Waals surface area (Å²) in [4.78, 5) is 19.3. The molecule has 0 radical (unpaired) electrons. The third-order valence-electron chi connectivity index (χ3n) is 4.88. The van der Waals surface area contributed by atoms with E-state index in [2.05, 4.69) is 15.9 Å². The van der Waals surface area contributed by atoms with Crippen molar-refractivity contribution in [1.82, 2.24) is 9.80 Å². The van der Waals surface area contributed by atoms with Crippen LogP contribution in [-0.4, -0.2) is 72.7 Å². The van der Waals surface area contributed by atoms with E-state index < -0.39 is 0 Å². The Labute approximate surface area is 132 Å². The summed E-state index contributed by atoms with van der Waals surface area (Å²) < 4.78 is 0. The Morgan fingerprint density at radius 3 is 2.64 bits per heavy atom. The number of β-amino-alcohol motifs (C(OH)–C–C–N with tert-alkyl or cyclic N) is 1. The lowest BCUT2D eigenvalue weighted by Gasteiger charge is -2.38. The lowest BCUT2D eigenvalue weighted by molar-refractivity contribution is -0.123. The summed E-state index contributed by atoms with van der Waals surface area (Å²) in [5, 5.41) is 9.00. The van der Waals surface area contributed by atoms with Crippen LogP contribution in [0.1, 0.15) is 12.5 Å². The second-order valence-electron chi connectivity index (χ2n) is 6.15. The van der Waals surface area contributed by atoms with Crippen molar-refractivity contribution in [2.75, 3.05) is 50.8 Å². The van der Waals surface area contributed by atoms with Crippen molar-refractivity contribution >= 4 is 11.6 Å². The van der Waals surface area contributed by atoms with Crippen molar-refractivity contribution in [1.29, 1.82) is 0 Å². The maximum atomic E-state index is 12.8. The molecule has 2 aliphatic rings. The van der Waals surface area contributed by atoms with Gasteiger partial charge in [0.15, 0.2) is 0 Å². The topological polar surface area (TPSA) is 47.0 Å².